The summed E-state index contributed by atoms with van der Waals surface area (Å²) in [5, 5.41) is 9.60. The molecule has 0 spiro atoms. The molecule has 1 fully saturated rings. The van der Waals surface area contributed by atoms with Crippen LogP contribution in [0.4, 0.5) is 0 Å². The second kappa shape index (κ2) is 4.76. The second-order valence-corrected chi connectivity index (χ2v) is 3.75. The Morgan fingerprint density at radius 1 is 1.27 bits per heavy atom. The van der Waals surface area contributed by atoms with Crippen molar-refractivity contribution in [1.29, 1.82) is 0 Å². The number of hydrogen-bond donors (Lipinski definition) is 1. The molecule has 0 aromatic rings. The maximum Gasteiger partial charge on any atom is 0.0568 e. The maximum atomic E-state index is 9.60. The lowest BCUT2D eigenvalue weighted by Gasteiger charge is -2.27. The zero-order chi connectivity index (χ0) is 8.10. The van der Waals surface area contributed by atoms with Crippen molar-refractivity contribution in [2.45, 2.75) is 58.0 Å². The molecule has 0 saturated heterocycles. The summed E-state index contributed by atoms with van der Waals surface area (Å²) in [5.74, 6) is 0.628. The standard InChI is InChI=1S/C10H20O/c1-2-3-6-9-7-4-5-8-10(9)11/h9-11H,2-8H2,1H3/t9?,10-/m1/s1. The summed E-state index contributed by atoms with van der Waals surface area (Å²) >= 11 is 0. The first-order valence-electron chi connectivity index (χ1n) is 5.02. The lowest BCUT2D eigenvalue weighted by molar-refractivity contribution is 0.0642. The Morgan fingerprint density at radius 2 is 2.00 bits per heavy atom. The Hall–Kier alpha value is -0.0400. The van der Waals surface area contributed by atoms with Gasteiger partial charge in [0.2, 0.25) is 0 Å². The minimum absolute atomic E-state index is 0.0234. The number of rotatable bonds is 3. The highest BCUT2D eigenvalue weighted by atomic mass is 16.3. The third-order valence-electron chi connectivity index (χ3n) is 2.80. The largest absolute Gasteiger partial charge is 0.393 e. The van der Waals surface area contributed by atoms with E-state index >= 15 is 0 Å². The summed E-state index contributed by atoms with van der Waals surface area (Å²) < 4.78 is 0. The number of unbranched alkanes of at least 4 members (excludes halogenated alkanes) is 1. The molecule has 1 unspecified atom stereocenters. The lowest BCUT2D eigenvalue weighted by atomic mass is 9.83. The average Bonchev–Trinajstić information content (AvgIpc) is 2.03. The smallest absolute Gasteiger partial charge is 0.0568 e. The molecular weight excluding hydrogens is 136 g/mol. The van der Waals surface area contributed by atoms with Crippen LogP contribution in [-0.4, -0.2) is 11.2 Å². The number of aliphatic hydroxyl groups is 1. The van der Waals surface area contributed by atoms with Gasteiger partial charge in [0.15, 0.2) is 0 Å². The van der Waals surface area contributed by atoms with Gasteiger partial charge in [-0.15, -0.1) is 0 Å². The van der Waals surface area contributed by atoms with Crippen molar-refractivity contribution in [3.05, 3.63) is 0 Å². The van der Waals surface area contributed by atoms with Gasteiger partial charge in [0.25, 0.3) is 0 Å². The van der Waals surface area contributed by atoms with Crippen molar-refractivity contribution in [3.8, 4) is 0 Å². The van der Waals surface area contributed by atoms with E-state index < -0.39 is 0 Å². The molecule has 1 N–H and O–H groups in total. The normalized spacial score (nSPS) is 32.2. The first kappa shape index (κ1) is 9.05. The number of aliphatic hydroxyl groups excluding tert-OH is 1. The van der Waals surface area contributed by atoms with E-state index in [1.807, 2.05) is 0 Å². The Balaban J connectivity index is 2.18. The molecule has 0 radical (unpaired) electrons. The van der Waals surface area contributed by atoms with Gasteiger partial charge >= 0.3 is 0 Å². The molecule has 1 nitrogen and oxygen atoms in total. The van der Waals surface area contributed by atoms with Crippen LogP contribution >= 0.6 is 0 Å². The van der Waals surface area contributed by atoms with E-state index in [4.69, 9.17) is 0 Å². The minimum Gasteiger partial charge on any atom is -0.393 e. The molecule has 66 valence electrons. The molecule has 1 saturated carbocycles. The van der Waals surface area contributed by atoms with E-state index in [-0.39, 0.29) is 6.10 Å². The maximum absolute atomic E-state index is 9.60. The summed E-state index contributed by atoms with van der Waals surface area (Å²) in [4.78, 5) is 0. The summed E-state index contributed by atoms with van der Waals surface area (Å²) in [5.41, 5.74) is 0. The first-order valence-corrected chi connectivity index (χ1v) is 5.02. The first-order chi connectivity index (χ1) is 5.34. The summed E-state index contributed by atoms with van der Waals surface area (Å²) in [6.07, 6.45) is 8.73. The van der Waals surface area contributed by atoms with Crippen molar-refractivity contribution >= 4 is 0 Å². The fourth-order valence-corrected chi connectivity index (χ4v) is 1.99. The molecule has 0 aromatic carbocycles. The molecule has 0 bridgehead atoms. The van der Waals surface area contributed by atoms with Gasteiger partial charge < -0.3 is 5.11 Å². The second-order valence-electron chi connectivity index (χ2n) is 3.75. The Labute approximate surface area is 69.8 Å². The highest BCUT2D eigenvalue weighted by Crippen LogP contribution is 2.28. The third kappa shape index (κ3) is 2.82. The molecule has 1 aliphatic carbocycles. The van der Waals surface area contributed by atoms with Crippen molar-refractivity contribution in [3.63, 3.8) is 0 Å². The Kier molecular flexibility index (Phi) is 3.92. The van der Waals surface area contributed by atoms with Gasteiger partial charge in [0, 0.05) is 0 Å². The van der Waals surface area contributed by atoms with E-state index in [1.54, 1.807) is 0 Å². The van der Waals surface area contributed by atoms with Gasteiger partial charge in [-0.1, -0.05) is 32.6 Å². The summed E-state index contributed by atoms with van der Waals surface area (Å²) in [7, 11) is 0. The van der Waals surface area contributed by atoms with Crippen molar-refractivity contribution in [2.75, 3.05) is 0 Å². The fraction of sp³-hybridized carbons (Fsp3) is 1.00. The SMILES string of the molecule is CCCCC1CCCC[C@H]1O. The molecule has 1 rings (SSSR count). The van der Waals surface area contributed by atoms with Crippen LogP contribution in [0.3, 0.4) is 0 Å². The molecule has 11 heavy (non-hydrogen) atoms. The minimum atomic E-state index is 0.0234. The predicted molar refractivity (Wildman–Crippen MR) is 47.5 cm³/mol. The van der Waals surface area contributed by atoms with Gasteiger partial charge in [-0.3, -0.25) is 0 Å². The van der Waals surface area contributed by atoms with Gasteiger partial charge in [-0.25, -0.2) is 0 Å². The van der Waals surface area contributed by atoms with Crippen LogP contribution in [0.15, 0.2) is 0 Å². The van der Waals surface area contributed by atoms with E-state index in [1.165, 1.54) is 38.5 Å². The molecule has 1 heteroatoms. The van der Waals surface area contributed by atoms with Crippen LogP contribution in [0.1, 0.15) is 51.9 Å². The van der Waals surface area contributed by atoms with Crippen LogP contribution in [0.2, 0.25) is 0 Å². The van der Waals surface area contributed by atoms with Crippen LogP contribution in [0, 0.1) is 5.92 Å². The van der Waals surface area contributed by atoms with Gasteiger partial charge in [0.1, 0.15) is 0 Å². The van der Waals surface area contributed by atoms with Gasteiger partial charge in [0.05, 0.1) is 6.10 Å². The molecular formula is C10H20O. The van der Waals surface area contributed by atoms with Crippen molar-refractivity contribution in [2.24, 2.45) is 5.92 Å². The summed E-state index contributed by atoms with van der Waals surface area (Å²) in [6.45, 7) is 2.22. The van der Waals surface area contributed by atoms with Crippen LogP contribution in [0.25, 0.3) is 0 Å². The van der Waals surface area contributed by atoms with E-state index in [9.17, 15) is 5.11 Å². The highest BCUT2D eigenvalue weighted by Gasteiger charge is 2.21. The molecule has 0 aliphatic heterocycles. The van der Waals surface area contributed by atoms with E-state index in [0.29, 0.717) is 5.92 Å². The van der Waals surface area contributed by atoms with Gasteiger partial charge in [-0.05, 0) is 25.2 Å². The quantitative estimate of drug-likeness (QED) is 0.666. The van der Waals surface area contributed by atoms with Crippen LogP contribution < -0.4 is 0 Å². The topological polar surface area (TPSA) is 20.2 Å². The third-order valence-corrected chi connectivity index (χ3v) is 2.80. The molecule has 0 heterocycles. The Bertz CT molecular complexity index is 101. The predicted octanol–water partition coefficient (Wildman–Crippen LogP) is 2.73. The van der Waals surface area contributed by atoms with E-state index in [2.05, 4.69) is 6.92 Å². The Morgan fingerprint density at radius 3 is 2.64 bits per heavy atom. The average molecular weight is 156 g/mol. The zero-order valence-corrected chi connectivity index (χ0v) is 7.55. The molecule has 1 aliphatic rings. The zero-order valence-electron chi connectivity index (χ0n) is 7.55. The highest BCUT2D eigenvalue weighted by molar-refractivity contribution is 4.73. The molecule has 0 aromatic heterocycles. The van der Waals surface area contributed by atoms with Crippen molar-refractivity contribution in [1.82, 2.24) is 0 Å². The van der Waals surface area contributed by atoms with Gasteiger partial charge in [-0.2, -0.15) is 0 Å². The molecule has 2 atom stereocenters. The van der Waals surface area contributed by atoms with Crippen LogP contribution in [-0.2, 0) is 0 Å². The summed E-state index contributed by atoms with van der Waals surface area (Å²) in [6, 6.07) is 0. The van der Waals surface area contributed by atoms with E-state index in [0.717, 1.165) is 6.42 Å². The van der Waals surface area contributed by atoms with Crippen LogP contribution in [0.5, 0.6) is 0 Å². The lowest BCUT2D eigenvalue weighted by Crippen LogP contribution is -2.24. The number of hydrogen-bond acceptors (Lipinski definition) is 1. The molecule has 0 amide bonds. The fourth-order valence-electron chi connectivity index (χ4n) is 1.99. The van der Waals surface area contributed by atoms with Crippen molar-refractivity contribution < 1.29 is 5.11 Å². The monoisotopic (exact) mass is 156 g/mol.